The Hall–Kier alpha value is -2.28. The molecule has 0 aliphatic heterocycles. The maximum absolute atomic E-state index is 8.80. The van der Waals surface area contributed by atoms with Crippen molar-refractivity contribution in [2.45, 2.75) is 13.3 Å². The zero-order chi connectivity index (χ0) is 11.5. The summed E-state index contributed by atoms with van der Waals surface area (Å²) in [6.07, 6.45) is 2.52. The summed E-state index contributed by atoms with van der Waals surface area (Å²) in [5.41, 5.74) is 1.42. The van der Waals surface area contributed by atoms with Gasteiger partial charge in [-0.1, -0.05) is 13.0 Å². The average molecular weight is 213 g/mol. The monoisotopic (exact) mass is 213 g/mol. The van der Waals surface area contributed by atoms with Crippen molar-refractivity contribution in [3.05, 3.63) is 47.5 Å². The van der Waals surface area contributed by atoms with E-state index in [9.17, 15) is 0 Å². The van der Waals surface area contributed by atoms with Gasteiger partial charge >= 0.3 is 0 Å². The van der Waals surface area contributed by atoms with Crippen LogP contribution in [0.15, 0.2) is 34.9 Å². The van der Waals surface area contributed by atoms with E-state index in [0.29, 0.717) is 5.56 Å². The number of benzene rings is 1. The molecule has 0 aliphatic carbocycles. The molecule has 0 spiro atoms. The van der Waals surface area contributed by atoms with Gasteiger partial charge < -0.3 is 4.42 Å². The molecular formula is C12H11N3O. The third-order valence-corrected chi connectivity index (χ3v) is 2.32. The van der Waals surface area contributed by atoms with Crippen LogP contribution in [0.3, 0.4) is 0 Å². The van der Waals surface area contributed by atoms with Crippen molar-refractivity contribution < 1.29 is 4.42 Å². The molecule has 0 atom stereocenters. The van der Waals surface area contributed by atoms with Gasteiger partial charge in [0, 0.05) is 6.42 Å². The van der Waals surface area contributed by atoms with Crippen LogP contribution in [-0.4, -0.2) is 4.57 Å². The highest BCUT2D eigenvalue weighted by Gasteiger charge is 2.04. The Morgan fingerprint density at radius 3 is 2.94 bits per heavy atom. The Balaban J connectivity index is 2.54. The second-order valence-corrected chi connectivity index (χ2v) is 3.39. The fourth-order valence-electron chi connectivity index (χ4n) is 1.48. The van der Waals surface area contributed by atoms with Gasteiger partial charge in [0.25, 0.3) is 5.68 Å². The van der Waals surface area contributed by atoms with Gasteiger partial charge in [0.2, 0.25) is 0 Å². The SMILES string of the molecule is CCc1cn(-c2cccc(C#N)c2)c(=N)o1. The lowest BCUT2D eigenvalue weighted by Gasteiger charge is -2.00. The molecule has 1 aromatic heterocycles. The largest absolute Gasteiger partial charge is 0.429 e. The molecule has 2 aromatic rings. The van der Waals surface area contributed by atoms with E-state index >= 15 is 0 Å². The van der Waals surface area contributed by atoms with Gasteiger partial charge in [-0.25, -0.2) is 0 Å². The predicted octanol–water partition coefficient (Wildman–Crippen LogP) is 1.98. The van der Waals surface area contributed by atoms with Crippen LogP contribution in [0.4, 0.5) is 0 Å². The molecule has 1 N–H and O–H groups in total. The second kappa shape index (κ2) is 4.07. The Labute approximate surface area is 92.9 Å². The molecule has 0 radical (unpaired) electrons. The standard InChI is InChI=1S/C12H11N3O/c1-2-11-8-15(12(14)16-11)10-5-3-4-9(6-10)7-13/h3-6,8,14H,2H2,1H3. The summed E-state index contributed by atoms with van der Waals surface area (Å²) in [5.74, 6) is 0.757. The minimum absolute atomic E-state index is 0.0759. The first kappa shape index (κ1) is 10.2. The van der Waals surface area contributed by atoms with E-state index in [4.69, 9.17) is 15.1 Å². The fourth-order valence-corrected chi connectivity index (χ4v) is 1.48. The first-order valence-electron chi connectivity index (χ1n) is 5.01. The minimum Gasteiger partial charge on any atom is -0.429 e. The van der Waals surface area contributed by atoms with E-state index in [1.54, 1.807) is 29.0 Å². The van der Waals surface area contributed by atoms with E-state index < -0.39 is 0 Å². The van der Waals surface area contributed by atoms with Crippen molar-refractivity contribution in [3.63, 3.8) is 0 Å². The normalized spacial score (nSPS) is 10.0. The zero-order valence-electron chi connectivity index (χ0n) is 8.90. The predicted molar refractivity (Wildman–Crippen MR) is 58.0 cm³/mol. The third-order valence-electron chi connectivity index (χ3n) is 2.32. The van der Waals surface area contributed by atoms with Crippen molar-refractivity contribution in [3.8, 4) is 11.8 Å². The molecule has 0 fully saturated rings. The Bertz CT molecular complexity index is 601. The summed E-state index contributed by atoms with van der Waals surface area (Å²) >= 11 is 0. The van der Waals surface area contributed by atoms with Crippen molar-refractivity contribution >= 4 is 0 Å². The molecule has 80 valence electrons. The number of hydrogen-bond acceptors (Lipinski definition) is 3. The molecule has 0 aliphatic rings. The number of oxazole rings is 1. The van der Waals surface area contributed by atoms with Crippen LogP contribution in [-0.2, 0) is 6.42 Å². The minimum atomic E-state index is 0.0759. The summed E-state index contributed by atoms with van der Waals surface area (Å²) in [5, 5.41) is 16.5. The fraction of sp³-hybridized carbons (Fsp3) is 0.167. The first-order valence-corrected chi connectivity index (χ1v) is 5.01. The number of aryl methyl sites for hydroxylation is 1. The molecule has 0 amide bonds. The molecule has 0 saturated heterocycles. The quantitative estimate of drug-likeness (QED) is 0.828. The summed E-state index contributed by atoms with van der Waals surface area (Å²) in [6.45, 7) is 1.97. The second-order valence-electron chi connectivity index (χ2n) is 3.39. The number of aromatic nitrogens is 1. The first-order chi connectivity index (χ1) is 7.74. The van der Waals surface area contributed by atoms with E-state index in [2.05, 4.69) is 6.07 Å². The van der Waals surface area contributed by atoms with Crippen LogP contribution in [0, 0.1) is 16.7 Å². The maximum atomic E-state index is 8.80. The van der Waals surface area contributed by atoms with Crippen molar-refractivity contribution in [2.24, 2.45) is 0 Å². The molecule has 1 heterocycles. The summed E-state index contributed by atoms with van der Waals surface area (Å²) in [4.78, 5) is 0. The molecule has 16 heavy (non-hydrogen) atoms. The van der Waals surface area contributed by atoms with E-state index in [-0.39, 0.29) is 5.68 Å². The van der Waals surface area contributed by atoms with Crippen molar-refractivity contribution in [2.75, 3.05) is 0 Å². The summed E-state index contributed by atoms with van der Waals surface area (Å²) < 4.78 is 6.86. The Kier molecular flexibility index (Phi) is 2.61. The van der Waals surface area contributed by atoms with Gasteiger partial charge in [-0.2, -0.15) is 5.26 Å². The van der Waals surface area contributed by atoms with Crippen LogP contribution >= 0.6 is 0 Å². The Morgan fingerprint density at radius 2 is 2.31 bits per heavy atom. The number of nitriles is 1. The van der Waals surface area contributed by atoms with Crippen LogP contribution in [0.5, 0.6) is 0 Å². The lowest BCUT2D eigenvalue weighted by Crippen LogP contribution is -2.10. The zero-order valence-corrected chi connectivity index (χ0v) is 8.90. The van der Waals surface area contributed by atoms with Crippen molar-refractivity contribution in [1.29, 1.82) is 10.7 Å². The van der Waals surface area contributed by atoms with Gasteiger partial charge in [0.15, 0.2) is 0 Å². The molecular weight excluding hydrogens is 202 g/mol. The summed E-state index contributed by atoms with van der Waals surface area (Å²) in [7, 11) is 0. The highest BCUT2D eigenvalue weighted by atomic mass is 16.4. The van der Waals surface area contributed by atoms with Crippen LogP contribution in [0.1, 0.15) is 18.2 Å². The van der Waals surface area contributed by atoms with E-state index in [0.717, 1.165) is 17.9 Å². The highest BCUT2D eigenvalue weighted by Crippen LogP contribution is 2.09. The average Bonchev–Trinajstić information content (AvgIpc) is 2.71. The van der Waals surface area contributed by atoms with Crippen LogP contribution in [0.2, 0.25) is 0 Å². The topological polar surface area (TPSA) is 65.7 Å². The Morgan fingerprint density at radius 1 is 1.50 bits per heavy atom. The van der Waals surface area contributed by atoms with Crippen LogP contribution in [0.25, 0.3) is 5.69 Å². The highest BCUT2D eigenvalue weighted by molar-refractivity contribution is 5.41. The van der Waals surface area contributed by atoms with Gasteiger partial charge in [-0.05, 0) is 18.2 Å². The molecule has 0 unspecified atom stereocenters. The van der Waals surface area contributed by atoms with Crippen molar-refractivity contribution in [1.82, 2.24) is 4.57 Å². The van der Waals surface area contributed by atoms with E-state index in [1.807, 2.05) is 13.0 Å². The van der Waals surface area contributed by atoms with Gasteiger partial charge in [0.1, 0.15) is 5.76 Å². The van der Waals surface area contributed by atoms with Gasteiger partial charge in [-0.3, -0.25) is 9.98 Å². The lowest BCUT2D eigenvalue weighted by molar-refractivity contribution is 0.443. The van der Waals surface area contributed by atoms with Gasteiger partial charge in [-0.15, -0.1) is 0 Å². The molecule has 4 heteroatoms. The molecule has 1 aromatic carbocycles. The molecule has 2 rings (SSSR count). The summed E-state index contributed by atoms with van der Waals surface area (Å²) in [6, 6.07) is 9.16. The lowest BCUT2D eigenvalue weighted by atomic mass is 10.2. The number of hydrogen-bond donors (Lipinski definition) is 1. The number of nitrogens with zero attached hydrogens (tertiary/aromatic N) is 2. The third kappa shape index (κ3) is 1.75. The van der Waals surface area contributed by atoms with E-state index in [1.165, 1.54) is 0 Å². The molecule has 4 nitrogen and oxygen atoms in total. The van der Waals surface area contributed by atoms with Crippen LogP contribution < -0.4 is 5.68 Å². The smallest absolute Gasteiger partial charge is 0.298 e. The number of rotatable bonds is 2. The number of nitrogens with one attached hydrogen (secondary N) is 1. The maximum Gasteiger partial charge on any atom is 0.298 e. The molecule has 0 bridgehead atoms. The van der Waals surface area contributed by atoms with Gasteiger partial charge in [0.05, 0.1) is 23.5 Å². The molecule has 0 saturated carbocycles.